The summed E-state index contributed by atoms with van der Waals surface area (Å²) in [7, 11) is 1.81. The van der Waals surface area contributed by atoms with Crippen molar-refractivity contribution < 1.29 is 9.50 Å². The molecule has 1 unspecified atom stereocenters. The van der Waals surface area contributed by atoms with E-state index in [4.69, 9.17) is 11.6 Å². The van der Waals surface area contributed by atoms with E-state index in [1.165, 1.54) is 6.07 Å². The lowest BCUT2D eigenvalue weighted by molar-refractivity contribution is 0.177. The van der Waals surface area contributed by atoms with Crippen molar-refractivity contribution in [3.05, 3.63) is 52.1 Å². The van der Waals surface area contributed by atoms with Gasteiger partial charge in [-0.3, -0.25) is 4.68 Å². The molecule has 1 atom stereocenters. The summed E-state index contributed by atoms with van der Waals surface area (Å²) in [6, 6.07) is 4.61. The zero-order valence-electron chi connectivity index (χ0n) is 10.9. The molecule has 0 saturated carbocycles. The summed E-state index contributed by atoms with van der Waals surface area (Å²) in [5.41, 5.74) is 2.22. The molecule has 0 aliphatic carbocycles. The highest BCUT2D eigenvalue weighted by molar-refractivity contribution is 6.31. The van der Waals surface area contributed by atoms with E-state index < -0.39 is 11.9 Å². The van der Waals surface area contributed by atoms with Crippen molar-refractivity contribution in [3.63, 3.8) is 0 Å². The Bertz CT molecular complexity index is 583. The van der Waals surface area contributed by atoms with Gasteiger partial charge in [-0.15, -0.1) is 0 Å². The van der Waals surface area contributed by atoms with Crippen molar-refractivity contribution in [2.45, 2.75) is 25.9 Å². The molecule has 0 radical (unpaired) electrons. The first-order chi connectivity index (χ1) is 9.02. The van der Waals surface area contributed by atoms with Gasteiger partial charge in [0.05, 0.1) is 16.8 Å². The van der Waals surface area contributed by atoms with Gasteiger partial charge in [0.2, 0.25) is 0 Å². The Kier molecular flexibility index (Phi) is 4.22. The SMILES string of the molecule is CCc1nn(C)cc1C(O)Cc1cccc(F)c1Cl. The molecule has 2 aromatic rings. The normalized spacial score (nSPS) is 12.7. The van der Waals surface area contributed by atoms with Crippen LogP contribution in [0.3, 0.4) is 0 Å². The topological polar surface area (TPSA) is 38.0 Å². The molecule has 0 spiro atoms. The zero-order chi connectivity index (χ0) is 14.0. The van der Waals surface area contributed by atoms with Crippen molar-refractivity contribution >= 4 is 11.6 Å². The van der Waals surface area contributed by atoms with E-state index in [0.717, 1.165) is 17.7 Å². The van der Waals surface area contributed by atoms with Crippen LogP contribution < -0.4 is 0 Å². The number of benzene rings is 1. The lowest BCUT2D eigenvalue weighted by atomic mass is 10.0. The maximum absolute atomic E-state index is 13.4. The Morgan fingerprint density at radius 1 is 1.47 bits per heavy atom. The highest BCUT2D eigenvalue weighted by atomic mass is 35.5. The maximum atomic E-state index is 13.4. The van der Waals surface area contributed by atoms with Crippen LogP contribution in [0.15, 0.2) is 24.4 Å². The lowest BCUT2D eigenvalue weighted by Crippen LogP contribution is -2.04. The van der Waals surface area contributed by atoms with Crippen LogP contribution in [0.1, 0.15) is 29.8 Å². The lowest BCUT2D eigenvalue weighted by Gasteiger charge is -2.12. The molecule has 2 rings (SSSR count). The van der Waals surface area contributed by atoms with Crippen LogP contribution in [0.25, 0.3) is 0 Å². The molecular weight excluding hydrogens is 267 g/mol. The van der Waals surface area contributed by atoms with Crippen LogP contribution in [0, 0.1) is 5.82 Å². The summed E-state index contributed by atoms with van der Waals surface area (Å²) >= 11 is 5.90. The van der Waals surface area contributed by atoms with Crippen LogP contribution in [0.4, 0.5) is 4.39 Å². The van der Waals surface area contributed by atoms with Crippen LogP contribution in [0.5, 0.6) is 0 Å². The van der Waals surface area contributed by atoms with Crippen molar-refractivity contribution in [3.8, 4) is 0 Å². The Morgan fingerprint density at radius 2 is 2.21 bits per heavy atom. The van der Waals surface area contributed by atoms with E-state index in [0.29, 0.717) is 5.56 Å². The minimum atomic E-state index is -0.733. The Balaban J connectivity index is 2.25. The predicted octanol–water partition coefficient (Wildman–Crippen LogP) is 3.05. The predicted molar refractivity (Wildman–Crippen MR) is 72.7 cm³/mol. The van der Waals surface area contributed by atoms with Gasteiger partial charge in [0.15, 0.2) is 0 Å². The monoisotopic (exact) mass is 282 g/mol. The Hall–Kier alpha value is -1.39. The highest BCUT2D eigenvalue weighted by Gasteiger charge is 2.17. The van der Waals surface area contributed by atoms with E-state index in [-0.39, 0.29) is 11.4 Å². The number of aliphatic hydroxyl groups excluding tert-OH is 1. The summed E-state index contributed by atoms with van der Waals surface area (Å²) in [4.78, 5) is 0. The average molecular weight is 283 g/mol. The molecule has 5 heteroatoms. The summed E-state index contributed by atoms with van der Waals surface area (Å²) in [5.74, 6) is -0.465. The highest BCUT2D eigenvalue weighted by Crippen LogP contribution is 2.26. The third-order valence-electron chi connectivity index (χ3n) is 3.08. The van der Waals surface area contributed by atoms with E-state index in [1.54, 1.807) is 23.0 Å². The molecule has 1 heterocycles. The second-order valence-corrected chi connectivity index (χ2v) is 4.87. The minimum Gasteiger partial charge on any atom is -0.388 e. The van der Waals surface area contributed by atoms with Gasteiger partial charge in [0, 0.05) is 25.2 Å². The first-order valence-electron chi connectivity index (χ1n) is 6.16. The second kappa shape index (κ2) is 5.72. The van der Waals surface area contributed by atoms with Crippen molar-refractivity contribution in [1.29, 1.82) is 0 Å². The molecule has 1 N–H and O–H groups in total. The molecule has 0 saturated heterocycles. The molecule has 1 aromatic heterocycles. The zero-order valence-corrected chi connectivity index (χ0v) is 11.7. The van der Waals surface area contributed by atoms with Crippen LogP contribution in [-0.2, 0) is 19.9 Å². The summed E-state index contributed by atoms with van der Waals surface area (Å²) in [5, 5.41) is 14.6. The molecule has 102 valence electrons. The van der Waals surface area contributed by atoms with Gasteiger partial charge >= 0.3 is 0 Å². The van der Waals surface area contributed by atoms with Gasteiger partial charge in [-0.2, -0.15) is 5.10 Å². The average Bonchev–Trinajstić information content (AvgIpc) is 2.76. The van der Waals surface area contributed by atoms with Crippen molar-refractivity contribution in [2.24, 2.45) is 7.05 Å². The van der Waals surface area contributed by atoms with Gasteiger partial charge in [-0.25, -0.2) is 4.39 Å². The number of aliphatic hydroxyl groups is 1. The Labute approximate surface area is 116 Å². The quantitative estimate of drug-likeness (QED) is 0.936. The van der Waals surface area contributed by atoms with E-state index in [9.17, 15) is 9.50 Å². The van der Waals surface area contributed by atoms with E-state index in [2.05, 4.69) is 5.10 Å². The largest absolute Gasteiger partial charge is 0.388 e. The van der Waals surface area contributed by atoms with Gasteiger partial charge in [0.1, 0.15) is 5.82 Å². The van der Waals surface area contributed by atoms with E-state index in [1.807, 2.05) is 14.0 Å². The van der Waals surface area contributed by atoms with Crippen LogP contribution in [0.2, 0.25) is 5.02 Å². The van der Waals surface area contributed by atoms with Gasteiger partial charge in [-0.1, -0.05) is 30.7 Å². The maximum Gasteiger partial charge on any atom is 0.142 e. The number of halogens is 2. The van der Waals surface area contributed by atoms with Crippen molar-refractivity contribution in [2.75, 3.05) is 0 Å². The molecule has 1 aromatic carbocycles. The molecular formula is C14H16ClFN2O. The number of nitrogens with zero attached hydrogens (tertiary/aromatic N) is 2. The Morgan fingerprint density at radius 3 is 2.89 bits per heavy atom. The van der Waals surface area contributed by atoms with Gasteiger partial charge in [-0.05, 0) is 18.1 Å². The standard InChI is InChI=1S/C14H16ClFN2O/c1-3-12-10(8-18(2)17-12)13(19)7-9-5-4-6-11(16)14(9)15/h4-6,8,13,19H,3,7H2,1-2H3. The molecule has 0 bridgehead atoms. The fourth-order valence-electron chi connectivity index (χ4n) is 2.13. The van der Waals surface area contributed by atoms with Crippen LogP contribution in [-0.4, -0.2) is 14.9 Å². The fourth-order valence-corrected chi connectivity index (χ4v) is 2.33. The number of hydrogen-bond acceptors (Lipinski definition) is 2. The molecule has 3 nitrogen and oxygen atoms in total. The first-order valence-corrected chi connectivity index (χ1v) is 6.54. The molecule has 0 fully saturated rings. The molecule has 0 aliphatic rings. The smallest absolute Gasteiger partial charge is 0.142 e. The fraction of sp³-hybridized carbons (Fsp3) is 0.357. The third kappa shape index (κ3) is 2.96. The van der Waals surface area contributed by atoms with Gasteiger partial charge in [0.25, 0.3) is 0 Å². The third-order valence-corrected chi connectivity index (χ3v) is 3.50. The summed E-state index contributed by atoms with van der Waals surface area (Å²) in [6.07, 6.45) is 2.07. The number of hydrogen-bond donors (Lipinski definition) is 1. The minimum absolute atomic E-state index is 0.0727. The summed E-state index contributed by atoms with van der Waals surface area (Å²) < 4.78 is 15.0. The first kappa shape index (κ1) is 14.0. The van der Waals surface area contributed by atoms with Crippen LogP contribution >= 0.6 is 11.6 Å². The second-order valence-electron chi connectivity index (χ2n) is 4.49. The molecule has 19 heavy (non-hydrogen) atoms. The molecule has 0 amide bonds. The summed E-state index contributed by atoms with van der Waals surface area (Å²) in [6.45, 7) is 1.98. The van der Waals surface area contributed by atoms with Gasteiger partial charge < -0.3 is 5.11 Å². The van der Waals surface area contributed by atoms with E-state index >= 15 is 0 Å². The number of aryl methyl sites for hydroxylation is 2. The molecule has 0 aliphatic heterocycles. The number of rotatable bonds is 4. The number of aromatic nitrogens is 2. The van der Waals surface area contributed by atoms with Crippen molar-refractivity contribution in [1.82, 2.24) is 9.78 Å².